The van der Waals surface area contributed by atoms with E-state index in [-0.39, 0.29) is 11.7 Å². The first-order valence-corrected chi connectivity index (χ1v) is 5.89. The molecule has 1 aromatic rings. The summed E-state index contributed by atoms with van der Waals surface area (Å²) >= 11 is 0. The van der Waals surface area contributed by atoms with Gasteiger partial charge in [0.15, 0.2) is 0 Å². The summed E-state index contributed by atoms with van der Waals surface area (Å²) in [6.07, 6.45) is -1.02. The monoisotopic (exact) mass is 243 g/mol. The average molecular weight is 243 g/mol. The molecule has 0 spiro atoms. The van der Waals surface area contributed by atoms with Crippen LogP contribution < -0.4 is 5.32 Å². The van der Waals surface area contributed by atoms with Gasteiger partial charge in [0.1, 0.15) is 0 Å². The van der Waals surface area contributed by atoms with Gasteiger partial charge in [0, 0.05) is 18.7 Å². The van der Waals surface area contributed by atoms with Crippen LogP contribution in [0.2, 0.25) is 0 Å². The van der Waals surface area contributed by atoms with Gasteiger partial charge in [-0.2, -0.15) is 0 Å². The molecule has 1 unspecified atom stereocenters. The van der Waals surface area contributed by atoms with Gasteiger partial charge in [-0.25, -0.2) is 8.78 Å². The van der Waals surface area contributed by atoms with Gasteiger partial charge in [0.2, 0.25) is 0 Å². The topological polar surface area (TPSA) is 32.3 Å². The number of alkyl halides is 2. The maximum atomic E-state index is 12.3. The van der Waals surface area contributed by atoms with Crippen molar-refractivity contribution in [3.05, 3.63) is 35.4 Å². The third-order valence-electron chi connectivity index (χ3n) is 2.56. The lowest BCUT2D eigenvalue weighted by molar-refractivity contribution is 0.151. The molecule has 2 nitrogen and oxygen atoms in total. The fourth-order valence-electron chi connectivity index (χ4n) is 1.60. The lowest BCUT2D eigenvalue weighted by Gasteiger charge is -2.10. The number of aliphatic hydroxyl groups is 1. The van der Waals surface area contributed by atoms with E-state index in [1.54, 1.807) is 12.1 Å². The average Bonchev–Trinajstić information content (AvgIpc) is 2.30. The van der Waals surface area contributed by atoms with Crippen LogP contribution in [0.1, 0.15) is 37.3 Å². The molecule has 0 fully saturated rings. The maximum Gasteiger partial charge on any atom is 0.263 e. The Balaban J connectivity index is 2.32. The molecule has 0 aliphatic rings. The Morgan fingerprint density at radius 2 is 1.88 bits per heavy atom. The number of hydrogen-bond acceptors (Lipinski definition) is 2. The van der Waals surface area contributed by atoms with E-state index in [1.165, 1.54) is 12.1 Å². The Morgan fingerprint density at radius 1 is 1.24 bits per heavy atom. The zero-order chi connectivity index (χ0) is 12.7. The SMILES string of the molecule is CCCC(O)CNCc1ccc(C(F)F)cc1. The van der Waals surface area contributed by atoms with Crippen molar-refractivity contribution in [3.8, 4) is 0 Å². The van der Waals surface area contributed by atoms with Crippen molar-refractivity contribution in [2.45, 2.75) is 38.8 Å². The summed E-state index contributed by atoms with van der Waals surface area (Å²) in [5.74, 6) is 0. The normalized spacial score (nSPS) is 13.0. The van der Waals surface area contributed by atoms with Crippen LogP contribution in [0.15, 0.2) is 24.3 Å². The van der Waals surface area contributed by atoms with Gasteiger partial charge < -0.3 is 10.4 Å². The third kappa shape index (κ3) is 5.24. The highest BCUT2D eigenvalue weighted by atomic mass is 19.3. The van der Waals surface area contributed by atoms with E-state index in [0.29, 0.717) is 13.1 Å². The summed E-state index contributed by atoms with van der Waals surface area (Å²) in [5.41, 5.74) is 0.984. The fourth-order valence-corrected chi connectivity index (χ4v) is 1.60. The highest BCUT2D eigenvalue weighted by molar-refractivity contribution is 5.23. The van der Waals surface area contributed by atoms with Gasteiger partial charge in [0.25, 0.3) is 6.43 Å². The van der Waals surface area contributed by atoms with Gasteiger partial charge in [-0.1, -0.05) is 37.6 Å². The van der Waals surface area contributed by atoms with Crippen molar-refractivity contribution in [3.63, 3.8) is 0 Å². The lowest BCUT2D eigenvalue weighted by Crippen LogP contribution is -2.26. The molecule has 0 aromatic heterocycles. The van der Waals surface area contributed by atoms with E-state index in [1.807, 2.05) is 6.92 Å². The minimum absolute atomic E-state index is 0.0415. The molecule has 0 saturated carbocycles. The van der Waals surface area contributed by atoms with E-state index >= 15 is 0 Å². The Labute approximate surface area is 101 Å². The smallest absolute Gasteiger partial charge is 0.263 e. The van der Waals surface area contributed by atoms with E-state index in [9.17, 15) is 13.9 Å². The molecule has 2 N–H and O–H groups in total. The van der Waals surface area contributed by atoms with Gasteiger partial charge in [-0.05, 0) is 12.0 Å². The number of hydrogen-bond donors (Lipinski definition) is 2. The van der Waals surface area contributed by atoms with Crippen molar-refractivity contribution in [1.29, 1.82) is 0 Å². The van der Waals surface area contributed by atoms with Crippen LogP contribution in [0.3, 0.4) is 0 Å². The van der Waals surface area contributed by atoms with Crippen LogP contribution in [0.25, 0.3) is 0 Å². The van der Waals surface area contributed by atoms with Crippen molar-refractivity contribution < 1.29 is 13.9 Å². The molecular weight excluding hydrogens is 224 g/mol. The van der Waals surface area contributed by atoms with Crippen LogP contribution in [-0.4, -0.2) is 17.8 Å². The molecule has 0 aliphatic carbocycles. The first-order chi connectivity index (χ1) is 8.13. The second-order valence-electron chi connectivity index (χ2n) is 4.12. The van der Waals surface area contributed by atoms with Crippen molar-refractivity contribution >= 4 is 0 Å². The van der Waals surface area contributed by atoms with Crippen LogP contribution >= 0.6 is 0 Å². The number of nitrogens with one attached hydrogen (secondary N) is 1. The van der Waals surface area contributed by atoms with Gasteiger partial charge >= 0.3 is 0 Å². The second kappa shape index (κ2) is 7.35. The summed E-state index contributed by atoms with van der Waals surface area (Å²) < 4.78 is 24.6. The number of benzene rings is 1. The van der Waals surface area contributed by atoms with E-state index < -0.39 is 6.43 Å². The quantitative estimate of drug-likeness (QED) is 0.771. The van der Waals surface area contributed by atoms with Crippen molar-refractivity contribution in [2.75, 3.05) is 6.54 Å². The standard InChI is InChI=1S/C13H19F2NO/c1-2-3-12(17)9-16-8-10-4-6-11(7-5-10)13(14)15/h4-7,12-13,16-17H,2-3,8-9H2,1H3. The van der Waals surface area contributed by atoms with Crippen LogP contribution in [0, 0.1) is 0 Å². The van der Waals surface area contributed by atoms with Crippen LogP contribution in [0.4, 0.5) is 8.78 Å². The molecule has 96 valence electrons. The predicted molar refractivity (Wildman–Crippen MR) is 64.0 cm³/mol. The molecule has 1 rings (SSSR count). The van der Waals surface area contributed by atoms with Crippen molar-refractivity contribution in [2.24, 2.45) is 0 Å². The molecule has 0 radical (unpaired) electrons. The highest BCUT2D eigenvalue weighted by Gasteiger charge is 2.06. The van der Waals surface area contributed by atoms with Gasteiger partial charge in [0.05, 0.1) is 6.10 Å². The van der Waals surface area contributed by atoms with Crippen molar-refractivity contribution in [1.82, 2.24) is 5.32 Å². The summed E-state index contributed by atoms with van der Waals surface area (Å²) in [6.45, 7) is 3.14. The Morgan fingerprint density at radius 3 is 2.41 bits per heavy atom. The summed E-state index contributed by atoms with van der Waals surface area (Å²) in [5, 5.41) is 12.6. The summed E-state index contributed by atoms with van der Waals surface area (Å²) in [4.78, 5) is 0. The fraction of sp³-hybridized carbons (Fsp3) is 0.538. The van der Waals surface area contributed by atoms with E-state index in [2.05, 4.69) is 5.32 Å². The summed E-state index contributed by atoms with van der Waals surface area (Å²) in [7, 11) is 0. The Kier molecular flexibility index (Phi) is 6.08. The number of halogens is 2. The predicted octanol–water partition coefficient (Wildman–Crippen LogP) is 2.87. The zero-order valence-corrected chi connectivity index (χ0v) is 10.00. The van der Waals surface area contributed by atoms with Crippen LogP contribution in [-0.2, 0) is 6.54 Å². The number of aliphatic hydroxyl groups excluding tert-OH is 1. The molecule has 4 heteroatoms. The molecule has 0 bridgehead atoms. The maximum absolute atomic E-state index is 12.3. The summed E-state index contributed by atoms with van der Waals surface area (Å²) in [6, 6.07) is 6.23. The lowest BCUT2D eigenvalue weighted by atomic mass is 10.1. The zero-order valence-electron chi connectivity index (χ0n) is 10.00. The molecule has 1 atom stereocenters. The molecule has 0 amide bonds. The third-order valence-corrected chi connectivity index (χ3v) is 2.56. The second-order valence-corrected chi connectivity index (χ2v) is 4.12. The van der Waals surface area contributed by atoms with Gasteiger partial charge in [-0.3, -0.25) is 0 Å². The van der Waals surface area contributed by atoms with Crippen LogP contribution in [0.5, 0.6) is 0 Å². The van der Waals surface area contributed by atoms with E-state index in [4.69, 9.17) is 0 Å². The molecule has 1 aromatic carbocycles. The first kappa shape index (κ1) is 14.1. The number of rotatable bonds is 7. The molecule has 0 aliphatic heterocycles. The van der Waals surface area contributed by atoms with Gasteiger partial charge in [-0.15, -0.1) is 0 Å². The molecule has 17 heavy (non-hydrogen) atoms. The largest absolute Gasteiger partial charge is 0.392 e. The molecular formula is C13H19F2NO. The minimum Gasteiger partial charge on any atom is -0.392 e. The minimum atomic E-state index is -2.41. The Bertz CT molecular complexity index is 314. The van der Waals surface area contributed by atoms with E-state index in [0.717, 1.165) is 18.4 Å². The highest BCUT2D eigenvalue weighted by Crippen LogP contribution is 2.18. The first-order valence-electron chi connectivity index (χ1n) is 5.89. The molecule has 0 saturated heterocycles. The molecule has 0 heterocycles. The Hall–Kier alpha value is -1.00.